The molecule has 2 aliphatic heterocycles. The number of hydrogen-bond donors (Lipinski definition) is 10. The summed E-state index contributed by atoms with van der Waals surface area (Å²) in [6.45, 7) is -3.20. The molecule has 2 aromatic carbocycles. The van der Waals surface area contributed by atoms with Gasteiger partial charge in [0, 0.05) is 68.5 Å². The van der Waals surface area contributed by atoms with Crippen LogP contribution in [0.2, 0.25) is 0 Å². The number of carbonyl (C=O) groups is 11. The molecule has 30 nitrogen and oxygen atoms in total. The first-order chi connectivity index (χ1) is 46.5. The molecule has 2 aliphatic rings. The third-order valence-electron chi connectivity index (χ3n) is 14.7. The summed E-state index contributed by atoms with van der Waals surface area (Å²) in [5.74, 6) is -12.6. The average molecular weight is 1380 g/mol. The largest absolute Gasteiger partial charge is 0.494 e. The molecule has 2 saturated heterocycles. The van der Waals surface area contributed by atoms with Crippen LogP contribution in [0.15, 0.2) is 60.9 Å². The van der Waals surface area contributed by atoms with Crippen LogP contribution in [0.5, 0.6) is 11.5 Å². The number of hydrogen-bond acceptors (Lipinski definition) is 20. The van der Waals surface area contributed by atoms with Crippen molar-refractivity contribution in [2.24, 2.45) is 0 Å². The van der Waals surface area contributed by atoms with E-state index in [9.17, 15) is 80.8 Å². The Morgan fingerprint density at radius 1 is 0.526 bits per heavy atom. The lowest BCUT2D eigenvalue weighted by atomic mass is 10.1. The van der Waals surface area contributed by atoms with Gasteiger partial charge in [0.25, 0.3) is 23.7 Å². The second kappa shape index (κ2) is 38.5. The van der Waals surface area contributed by atoms with Crippen LogP contribution in [0.3, 0.4) is 0 Å². The maximum atomic E-state index is 13.9. The van der Waals surface area contributed by atoms with Gasteiger partial charge in [-0.15, -0.1) is 0 Å². The molecular weight excluding hydrogens is 1300 g/mol. The molecule has 97 heavy (non-hydrogen) atoms. The Balaban J connectivity index is 0.915. The fourth-order valence-electron chi connectivity index (χ4n) is 9.75. The third kappa shape index (κ3) is 25.6. The number of unbranched alkanes of at least 4 members (excludes halogenated alkanes) is 2. The number of halogens is 4. The fraction of sp³-hybridized carbons (Fsp3) is 0.500. The molecule has 0 radical (unpaired) electrons. The van der Waals surface area contributed by atoms with Crippen molar-refractivity contribution in [1.29, 1.82) is 10.5 Å². The molecule has 0 saturated carbocycles. The summed E-state index contributed by atoms with van der Waals surface area (Å²) in [4.78, 5) is 149. The Kier molecular flexibility index (Phi) is 30.2. The molecule has 4 aromatic rings. The molecular formula is C62H75F4N15O15S. The summed E-state index contributed by atoms with van der Waals surface area (Å²) >= 11 is 3.77. The molecule has 0 spiro atoms. The predicted molar refractivity (Wildman–Crippen MR) is 338 cm³/mol. The first kappa shape index (κ1) is 76.0. The van der Waals surface area contributed by atoms with E-state index in [0.29, 0.717) is 59.0 Å². The van der Waals surface area contributed by atoms with Gasteiger partial charge in [-0.2, -0.15) is 23.2 Å². The van der Waals surface area contributed by atoms with Crippen LogP contribution in [0.25, 0.3) is 21.8 Å². The second-order valence-electron chi connectivity index (χ2n) is 22.1. The van der Waals surface area contributed by atoms with Crippen molar-refractivity contribution in [2.75, 3.05) is 111 Å². The van der Waals surface area contributed by atoms with Crippen molar-refractivity contribution < 1.29 is 89.2 Å². The Morgan fingerprint density at radius 3 is 1.48 bits per heavy atom. The summed E-state index contributed by atoms with van der Waals surface area (Å²) in [6.07, 6.45) is 2.58. The van der Waals surface area contributed by atoms with E-state index in [4.69, 9.17) is 18.9 Å². The van der Waals surface area contributed by atoms with Crippen molar-refractivity contribution in [3.63, 3.8) is 0 Å². The van der Waals surface area contributed by atoms with E-state index in [1.807, 2.05) is 0 Å². The van der Waals surface area contributed by atoms with E-state index < -0.39 is 141 Å². The van der Waals surface area contributed by atoms with Gasteiger partial charge in [0.15, 0.2) is 0 Å². The second-order valence-corrected chi connectivity index (χ2v) is 22.4. The highest BCUT2D eigenvalue weighted by molar-refractivity contribution is 7.81. The van der Waals surface area contributed by atoms with Crippen molar-refractivity contribution >= 4 is 99.4 Å². The number of amides is 11. The number of likely N-dealkylation sites (tertiary alicyclic amines) is 2. The van der Waals surface area contributed by atoms with E-state index in [0.717, 1.165) is 9.80 Å². The molecule has 522 valence electrons. The summed E-state index contributed by atoms with van der Waals surface area (Å²) in [7, 11) is 0. The maximum absolute atomic E-state index is 13.9. The molecule has 2 aromatic heterocycles. The lowest BCUT2D eigenvalue weighted by molar-refractivity contribution is -0.132. The van der Waals surface area contributed by atoms with E-state index in [2.05, 4.69) is 70.4 Å². The van der Waals surface area contributed by atoms with E-state index in [-0.39, 0.29) is 109 Å². The summed E-state index contributed by atoms with van der Waals surface area (Å²) in [6, 6.07) is 12.1. The van der Waals surface area contributed by atoms with Crippen LogP contribution in [-0.4, -0.2) is 226 Å². The minimum Gasteiger partial charge on any atom is -0.494 e. The normalized spacial score (nSPS) is 15.4. The van der Waals surface area contributed by atoms with Crippen LogP contribution in [0.1, 0.15) is 78.5 Å². The van der Waals surface area contributed by atoms with Crippen molar-refractivity contribution in [2.45, 2.75) is 87.8 Å². The van der Waals surface area contributed by atoms with Crippen LogP contribution in [0.4, 0.5) is 17.6 Å². The zero-order valence-corrected chi connectivity index (χ0v) is 53.6. The number of thiol groups is 1. The smallest absolute Gasteiger partial charge is 0.268 e. The average Bonchev–Trinajstić information content (AvgIpc) is 0.992. The third-order valence-corrected chi connectivity index (χ3v) is 15.0. The highest BCUT2D eigenvalue weighted by Crippen LogP contribution is 2.33. The number of fused-ring (bicyclic) bond motifs is 2. The zero-order chi connectivity index (χ0) is 70.3. The Bertz CT molecular complexity index is 3560. The van der Waals surface area contributed by atoms with Gasteiger partial charge < -0.3 is 76.6 Å². The molecule has 4 heterocycles. The van der Waals surface area contributed by atoms with Gasteiger partial charge in [0.05, 0.1) is 126 Å². The standard InChI is InChI=1S/C62H75F4N15O15S/c63-61(64)27-39(29-67)80(37-61)56(88)34-77-58(90)43-11-16-69-47-7-5-41(25-45(43)47)95-19-3-1-14-71-50(82)10-9-49(79-51(83)13-21-93-23-24-94-22-18-72-52(84)31-74-53(85)32-75-54(86)33-76-55(87)36-97)60(92)73-15-2-4-20-96-42-6-8-48-46(26-42)44(12-17-70-48)59(91)78-35-57(89)81-38-62(65,66)28-40(81)30-68/h5-8,11-12,16-17,25-26,39-40,49,97H,1-4,9-10,13-15,18-24,27-28,31-38H2,(H,71,82)(H,72,84)(H,73,92)(H,74,85)(H,75,86)(H,76,87)(H,77,90)(H,78,91)(H,79,83)/t39-,40+,49+/m1/s1. The Morgan fingerprint density at radius 2 is 0.990 bits per heavy atom. The maximum Gasteiger partial charge on any atom is 0.268 e. The summed E-state index contributed by atoms with van der Waals surface area (Å²) in [5.41, 5.74) is 1.12. The Hall–Kier alpha value is -10.0. The molecule has 35 heteroatoms. The predicted octanol–water partition coefficient (Wildman–Crippen LogP) is 0.0957. The molecule has 0 aliphatic carbocycles. The molecule has 6 rings (SSSR count). The number of ether oxygens (including phenoxy) is 4. The number of aromatic nitrogens is 2. The molecule has 9 N–H and O–H groups in total. The van der Waals surface area contributed by atoms with Crippen molar-refractivity contribution in [3.8, 4) is 23.6 Å². The first-order valence-corrected chi connectivity index (χ1v) is 31.5. The van der Waals surface area contributed by atoms with Gasteiger partial charge in [-0.25, -0.2) is 17.6 Å². The SMILES string of the molecule is N#C[C@@H]1CC(F)(F)CN1C(=O)CNC(=O)c1ccnc2ccc(OCCCCNC(=O)[C@H](CCC(=O)NCCCCOc3ccc4nccc(C(=O)NCC(=O)N5CC(F)(F)C[C@@H]5C#N)c4c3)NC(=O)CCOCCOCCNC(=O)CNC(=O)CNC(=O)CNC(=O)CS)cc12. The molecule has 0 unspecified atom stereocenters. The number of nitrogens with one attached hydrogen (secondary N) is 9. The van der Waals surface area contributed by atoms with E-state index in [1.165, 1.54) is 24.5 Å². The lowest BCUT2D eigenvalue weighted by Crippen LogP contribution is -2.47. The fourth-order valence-corrected chi connectivity index (χ4v) is 9.86. The zero-order valence-electron chi connectivity index (χ0n) is 52.7. The molecule has 0 bridgehead atoms. The van der Waals surface area contributed by atoms with Crippen LogP contribution in [0, 0.1) is 22.7 Å². The van der Waals surface area contributed by atoms with Gasteiger partial charge in [-0.1, -0.05) is 0 Å². The van der Waals surface area contributed by atoms with Gasteiger partial charge >= 0.3 is 0 Å². The quantitative estimate of drug-likeness (QED) is 0.0161. The first-order valence-electron chi connectivity index (χ1n) is 30.9. The number of nitrogens with zero attached hydrogens (tertiary/aromatic N) is 6. The van der Waals surface area contributed by atoms with Crippen LogP contribution in [-0.2, 0) is 52.6 Å². The van der Waals surface area contributed by atoms with Gasteiger partial charge in [0.2, 0.25) is 53.2 Å². The highest BCUT2D eigenvalue weighted by atomic mass is 32.1. The molecule has 11 amide bonds. The van der Waals surface area contributed by atoms with Crippen LogP contribution >= 0.6 is 12.6 Å². The number of rotatable bonds is 39. The van der Waals surface area contributed by atoms with E-state index in [1.54, 1.807) is 48.5 Å². The molecule has 2 fully saturated rings. The van der Waals surface area contributed by atoms with E-state index >= 15 is 0 Å². The van der Waals surface area contributed by atoms with Gasteiger partial charge in [-0.05, 0) is 80.6 Å². The highest BCUT2D eigenvalue weighted by Gasteiger charge is 2.48. The topological polar surface area (TPSA) is 413 Å². The van der Waals surface area contributed by atoms with Crippen LogP contribution < -0.4 is 57.3 Å². The summed E-state index contributed by atoms with van der Waals surface area (Å²) in [5, 5.41) is 41.9. The number of nitriles is 2. The molecule has 3 atom stereocenters. The number of benzene rings is 2. The van der Waals surface area contributed by atoms with Gasteiger partial charge in [-0.3, -0.25) is 62.7 Å². The van der Waals surface area contributed by atoms with Gasteiger partial charge in [0.1, 0.15) is 29.6 Å². The van der Waals surface area contributed by atoms with Crippen molar-refractivity contribution in [1.82, 2.24) is 67.6 Å². The summed E-state index contributed by atoms with van der Waals surface area (Å²) < 4.78 is 78.5. The number of alkyl halides is 4. The minimum atomic E-state index is -3.22. The Labute approximate surface area is 559 Å². The lowest BCUT2D eigenvalue weighted by Gasteiger charge is -2.19. The number of carbonyl (C=O) groups excluding carboxylic acids is 11. The van der Waals surface area contributed by atoms with Crippen molar-refractivity contribution in [3.05, 3.63) is 72.1 Å². The minimum absolute atomic E-state index is 0.0627. The number of pyridine rings is 2. The monoisotopic (exact) mass is 1380 g/mol.